The molecule has 9 nitrogen and oxygen atoms in total. The summed E-state index contributed by atoms with van der Waals surface area (Å²) < 4.78 is 34.7. The van der Waals surface area contributed by atoms with Gasteiger partial charge in [0.1, 0.15) is 6.04 Å². The van der Waals surface area contributed by atoms with Crippen molar-refractivity contribution in [3.8, 4) is 0 Å². The van der Waals surface area contributed by atoms with Crippen molar-refractivity contribution in [3.05, 3.63) is 0 Å². The number of ether oxygens (including phenoxy) is 1. The third-order valence-corrected chi connectivity index (χ3v) is 8.05. The molecule has 3 unspecified atom stereocenters. The van der Waals surface area contributed by atoms with Gasteiger partial charge in [0, 0.05) is 46.2 Å². The third-order valence-electron chi connectivity index (χ3n) is 6.09. The summed E-state index contributed by atoms with van der Waals surface area (Å²) in [6.45, 7) is 7.10. The summed E-state index contributed by atoms with van der Waals surface area (Å²) in [5.74, 6) is -0.116. The number of nitrogens with zero attached hydrogens (tertiary/aromatic N) is 3. The normalized spacial score (nSPS) is 29.0. The highest BCUT2D eigenvalue weighted by atomic mass is 32.2. The predicted molar refractivity (Wildman–Crippen MR) is 108 cm³/mol. The van der Waals surface area contributed by atoms with Crippen LogP contribution >= 0.6 is 0 Å². The van der Waals surface area contributed by atoms with Gasteiger partial charge in [-0.05, 0) is 32.6 Å². The molecule has 0 spiro atoms. The molecule has 3 fully saturated rings. The number of hydrogen-bond donors (Lipinski definition) is 1. The Bertz CT molecular complexity index is 691. The molecule has 1 aliphatic carbocycles. The second-order valence-corrected chi connectivity index (χ2v) is 10.5. The number of carbonyl (C=O) groups is 2. The molecule has 2 amide bonds. The second kappa shape index (κ2) is 9.28. The minimum atomic E-state index is -3.58. The van der Waals surface area contributed by atoms with Gasteiger partial charge in [-0.25, -0.2) is 0 Å². The first-order chi connectivity index (χ1) is 13.7. The number of rotatable bonds is 5. The van der Waals surface area contributed by atoms with Crippen molar-refractivity contribution in [2.45, 2.75) is 64.7 Å². The Morgan fingerprint density at radius 3 is 2.03 bits per heavy atom. The van der Waals surface area contributed by atoms with E-state index in [9.17, 15) is 18.0 Å². The van der Waals surface area contributed by atoms with Crippen molar-refractivity contribution in [3.63, 3.8) is 0 Å². The fraction of sp³-hybridized carbons (Fsp3) is 0.895. The van der Waals surface area contributed by atoms with Crippen molar-refractivity contribution in [1.82, 2.24) is 18.8 Å². The summed E-state index contributed by atoms with van der Waals surface area (Å²) >= 11 is 0. The van der Waals surface area contributed by atoms with Crippen LogP contribution in [-0.2, 0) is 24.5 Å². The quantitative estimate of drug-likeness (QED) is 0.671. The van der Waals surface area contributed by atoms with Crippen molar-refractivity contribution in [2.24, 2.45) is 5.92 Å². The summed E-state index contributed by atoms with van der Waals surface area (Å²) in [7, 11) is -3.58. The van der Waals surface area contributed by atoms with Crippen LogP contribution in [0.4, 0.5) is 0 Å². The lowest BCUT2D eigenvalue weighted by Gasteiger charge is -2.41. The third kappa shape index (κ3) is 5.28. The van der Waals surface area contributed by atoms with Crippen LogP contribution in [0, 0.1) is 5.92 Å². The molecule has 2 aliphatic heterocycles. The largest absolute Gasteiger partial charge is 0.373 e. The van der Waals surface area contributed by atoms with E-state index in [0.29, 0.717) is 26.2 Å². The lowest BCUT2D eigenvalue weighted by molar-refractivity contribution is -0.138. The molecule has 0 bridgehead atoms. The topological polar surface area (TPSA) is 99.3 Å². The van der Waals surface area contributed by atoms with Crippen LogP contribution in [0.3, 0.4) is 0 Å². The number of amides is 2. The zero-order chi connectivity index (χ0) is 21.2. The Kier molecular flexibility index (Phi) is 7.19. The summed E-state index contributed by atoms with van der Waals surface area (Å²) in [6, 6.07) is -0.501. The zero-order valence-corrected chi connectivity index (χ0v) is 18.5. The van der Waals surface area contributed by atoms with Gasteiger partial charge in [0.15, 0.2) is 0 Å². The van der Waals surface area contributed by atoms with Gasteiger partial charge in [0.05, 0.1) is 12.2 Å². The van der Waals surface area contributed by atoms with Gasteiger partial charge in [0.2, 0.25) is 11.8 Å². The Hall–Kier alpha value is -1.23. The SMILES string of the molecule is CC(=O)NC(C(=O)N1CCN(S(=O)(=O)N2CC(C)OC(C)C2)CC1)C1CCCC1. The molecule has 0 aromatic heterocycles. The minimum Gasteiger partial charge on any atom is -0.373 e. The predicted octanol–water partition coefficient (Wildman–Crippen LogP) is 0.180. The molecule has 2 heterocycles. The van der Waals surface area contributed by atoms with Gasteiger partial charge >= 0.3 is 0 Å². The van der Waals surface area contributed by atoms with E-state index in [-0.39, 0.29) is 43.0 Å². The van der Waals surface area contributed by atoms with Crippen molar-refractivity contribution in [2.75, 3.05) is 39.3 Å². The van der Waals surface area contributed by atoms with E-state index in [1.54, 1.807) is 4.90 Å². The van der Waals surface area contributed by atoms with E-state index >= 15 is 0 Å². The van der Waals surface area contributed by atoms with Crippen LogP contribution in [-0.4, -0.2) is 91.3 Å². The molecular formula is C19H34N4O5S. The summed E-state index contributed by atoms with van der Waals surface area (Å²) in [6.07, 6.45) is 3.77. The molecule has 3 aliphatic rings. The monoisotopic (exact) mass is 430 g/mol. The number of morpholine rings is 1. The van der Waals surface area contributed by atoms with E-state index < -0.39 is 16.3 Å². The molecule has 0 aromatic rings. The Balaban J connectivity index is 1.61. The fourth-order valence-corrected chi connectivity index (χ4v) is 6.46. The smallest absolute Gasteiger partial charge is 0.282 e. The van der Waals surface area contributed by atoms with Gasteiger partial charge in [-0.3, -0.25) is 9.59 Å². The molecule has 29 heavy (non-hydrogen) atoms. The molecule has 1 N–H and O–H groups in total. The van der Waals surface area contributed by atoms with Gasteiger partial charge in [0.25, 0.3) is 10.2 Å². The summed E-state index contributed by atoms with van der Waals surface area (Å²) in [4.78, 5) is 26.4. The highest BCUT2D eigenvalue weighted by molar-refractivity contribution is 7.86. The fourth-order valence-electron chi connectivity index (χ4n) is 4.71. The molecule has 1 saturated carbocycles. The van der Waals surface area contributed by atoms with E-state index in [1.165, 1.54) is 15.5 Å². The number of carbonyl (C=O) groups excluding carboxylic acids is 2. The maximum atomic E-state index is 13.1. The molecule has 0 radical (unpaired) electrons. The van der Waals surface area contributed by atoms with Gasteiger partial charge in [-0.15, -0.1) is 0 Å². The highest BCUT2D eigenvalue weighted by Crippen LogP contribution is 2.29. The lowest BCUT2D eigenvalue weighted by Crippen LogP contribution is -2.60. The first-order valence-electron chi connectivity index (χ1n) is 10.6. The average Bonchev–Trinajstić information content (AvgIpc) is 3.19. The molecule has 3 atom stereocenters. The van der Waals surface area contributed by atoms with Crippen LogP contribution < -0.4 is 5.32 Å². The first kappa shape index (κ1) is 22.5. The van der Waals surface area contributed by atoms with Gasteiger partial charge in [-0.2, -0.15) is 17.0 Å². The molecule has 2 saturated heterocycles. The summed E-state index contributed by atoms with van der Waals surface area (Å²) in [5.41, 5.74) is 0. The number of piperazine rings is 1. The Morgan fingerprint density at radius 1 is 0.966 bits per heavy atom. The standard InChI is InChI=1S/C19H34N4O5S/c1-14-12-23(13-15(2)28-14)29(26,27)22-10-8-21(9-11-22)19(25)18(20-16(3)24)17-6-4-5-7-17/h14-15,17-18H,4-13H2,1-3H3,(H,20,24). The van der Waals surface area contributed by atoms with Crippen molar-refractivity contribution < 1.29 is 22.7 Å². The van der Waals surface area contributed by atoms with E-state index in [0.717, 1.165) is 25.7 Å². The van der Waals surface area contributed by atoms with Crippen molar-refractivity contribution >= 4 is 22.0 Å². The van der Waals surface area contributed by atoms with E-state index in [4.69, 9.17) is 4.74 Å². The zero-order valence-electron chi connectivity index (χ0n) is 17.7. The van der Waals surface area contributed by atoms with Crippen molar-refractivity contribution in [1.29, 1.82) is 0 Å². The summed E-state index contributed by atoms with van der Waals surface area (Å²) in [5, 5.41) is 2.84. The van der Waals surface area contributed by atoms with Crippen LogP contribution in [0.5, 0.6) is 0 Å². The maximum absolute atomic E-state index is 13.1. The molecule has 10 heteroatoms. The van der Waals surface area contributed by atoms with Gasteiger partial charge in [-0.1, -0.05) is 12.8 Å². The Labute approximate surface area is 173 Å². The van der Waals surface area contributed by atoms with Crippen LogP contribution in [0.25, 0.3) is 0 Å². The van der Waals surface area contributed by atoms with Crippen LogP contribution in [0.15, 0.2) is 0 Å². The second-order valence-electron chi connectivity index (χ2n) is 8.53. The van der Waals surface area contributed by atoms with Gasteiger partial charge < -0.3 is 15.0 Å². The van der Waals surface area contributed by atoms with Crippen LogP contribution in [0.2, 0.25) is 0 Å². The highest BCUT2D eigenvalue weighted by Gasteiger charge is 2.39. The number of nitrogens with one attached hydrogen (secondary N) is 1. The molecule has 3 rings (SSSR count). The molecular weight excluding hydrogens is 396 g/mol. The average molecular weight is 431 g/mol. The lowest BCUT2D eigenvalue weighted by atomic mass is 9.96. The minimum absolute atomic E-state index is 0.0854. The number of hydrogen-bond acceptors (Lipinski definition) is 5. The van der Waals surface area contributed by atoms with Crippen LogP contribution in [0.1, 0.15) is 46.5 Å². The molecule has 166 valence electrons. The first-order valence-corrected chi connectivity index (χ1v) is 12.0. The van der Waals surface area contributed by atoms with E-state index in [1.807, 2.05) is 13.8 Å². The van der Waals surface area contributed by atoms with E-state index in [2.05, 4.69) is 5.32 Å². The molecule has 0 aromatic carbocycles. The Morgan fingerprint density at radius 2 is 1.52 bits per heavy atom. The maximum Gasteiger partial charge on any atom is 0.282 e.